The number of hydrogen-bond acceptors (Lipinski definition) is 6. The molecule has 2 aromatic rings. The number of Topliss-reactive ketones (excluding diaryl/α,β-unsaturated/α-hetero) is 2. The van der Waals surface area contributed by atoms with Gasteiger partial charge in [0.2, 0.25) is 5.78 Å². The molecule has 1 N–H and O–H groups in total. The van der Waals surface area contributed by atoms with Gasteiger partial charge in [-0.25, -0.2) is 0 Å². The topological polar surface area (TPSA) is 77.4 Å². The number of nitrogens with one attached hydrogen (secondary N) is 1. The lowest BCUT2D eigenvalue weighted by atomic mass is 9.87. The van der Waals surface area contributed by atoms with E-state index in [4.69, 9.17) is 9.47 Å². The standard InChI is InChI=1S/C24H28N2O5S/c1-16-15-17(30-2)6-7-18(16)22(27)20-21(19-5-3-14-32-19)26(24(29)23(20)28)9-4-8-25-10-12-31-13-11-25/h3,5-7,14-15,20-21H,4,8-13H2,1-2H3/p+1. The quantitative estimate of drug-likeness (QED) is 0.368. The number of ether oxygens (including phenoxy) is 2. The van der Waals surface area contributed by atoms with E-state index in [0.717, 1.165) is 49.7 Å². The molecule has 3 heterocycles. The third kappa shape index (κ3) is 4.48. The largest absolute Gasteiger partial charge is 0.497 e. The minimum absolute atomic E-state index is 0.303. The molecule has 2 aliphatic rings. The van der Waals surface area contributed by atoms with Crippen molar-refractivity contribution in [1.82, 2.24) is 4.90 Å². The molecular formula is C24H29N2O5S+. The summed E-state index contributed by atoms with van der Waals surface area (Å²) in [4.78, 5) is 43.6. The third-order valence-electron chi connectivity index (χ3n) is 6.35. The molecule has 2 saturated heterocycles. The molecule has 0 saturated carbocycles. The molecule has 2 unspecified atom stereocenters. The minimum Gasteiger partial charge on any atom is -0.497 e. The maximum Gasteiger partial charge on any atom is 0.291 e. The second-order valence-corrected chi connectivity index (χ2v) is 9.29. The van der Waals surface area contributed by atoms with Gasteiger partial charge in [0, 0.05) is 23.4 Å². The number of ketones is 2. The number of aryl methyl sites for hydroxylation is 1. The van der Waals surface area contributed by atoms with Gasteiger partial charge in [0.1, 0.15) is 24.8 Å². The van der Waals surface area contributed by atoms with Crippen LogP contribution < -0.4 is 9.64 Å². The van der Waals surface area contributed by atoms with Crippen LogP contribution in [0.15, 0.2) is 35.7 Å². The highest BCUT2D eigenvalue weighted by molar-refractivity contribution is 7.10. The van der Waals surface area contributed by atoms with E-state index in [-0.39, 0.29) is 5.78 Å². The van der Waals surface area contributed by atoms with E-state index in [0.29, 0.717) is 17.9 Å². The van der Waals surface area contributed by atoms with Gasteiger partial charge in [0.25, 0.3) is 5.91 Å². The van der Waals surface area contributed by atoms with Gasteiger partial charge in [-0.3, -0.25) is 14.4 Å². The summed E-state index contributed by atoms with van der Waals surface area (Å²) in [6.45, 7) is 6.62. The lowest BCUT2D eigenvalue weighted by molar-refractivity contribution is -0.908. The Morgan fingerprint density at radius 1 is 1.25 bits per heavy atom. The molecule has 2 fully saturated rings. The molecule has 0 radical (unpaired) electrons. The summed E-state index contributed by atoms with van der Waals surface area (Å²) in [5.41, 5.74) is 1.19. The van der Waals surface area contributed by atoms with Crippen molar-refractivity contribution in [1.29, 1.82) is 0 Å². The highest BCUT2D eigenvalue weighted by atomic mass is 32.1. The molecule has 2 atom stereocenters. The van der Waals surface area contributed by atoms with Crippen LogP contribution in [0.5, 0.6) is 5.75 Å². The van der Waals surface area contributed by atoms with Crippen LogP contribution >= 0.6 is 11.3 Å². The number of benzene rings is 1. The van der Waals surface area contributed by atoms with E-state index in [1.807, 2.05) is 24.4 Å². The first-order chi connectivity index (χ1) is 15.5. The lowest BCUT2D eigenvalue weighted by Crippen LogP contribution is -3.14. The Labute approximate surface area is 191 Å². The normalized spacial score (nSPS) is 21.9. The highest BCUT2D eigenvalue weighted by Gasteiger charge is 2.52. The maximum absolute atomic E-state index is 13.5. The average Bonchev–Trinajstić information content (AvgIpc) is 3.42. The van der Waals surface area contributed by atoms with Crippen molar-refractivity contribution in [3.05, 3.63) is 51.7 Å². The first-order valence-electron chi connectivity index (χ1n) is 11.0. The molecule has 32 heavy (non-hydrogen) atoms. The fourth-order valence-electron chi connectivity index (χ4n) is 4.62. The number of morpholine rings is 1. The molecular weight excluding hydrogens is 428 g/mol. The van der Waals surface area contributed by atoms with Crippen LogP contribution in [0, 0.1) is 12.8 Å². The molecule has 4 rings (SSSR count). The molecule has 1 amide bonds. The number of rotatable bonds is 8. The molecule has 0 spiro atoms. The smallest absolute Gasteiger partial charge is 0.291 e. The van der Waals surface area contributed by atoms with Gasteiger partial charge in [-0.15, -0.1) is 11.3 Å². The van der Waals surface area contributed by atoms with Crippen molar-refractivity contribution < 1.29 is 28.8 Å². The summed E-state index contributed by atoms with van der Waals surface area (Å²) in [7, 11) is 1.57. The van der Waals surface area contributed by atoms with Crippen LogP contribution in [0.25, 0.3) is 0 Å². The van der Waals surface area contributed by atoms with Crippen molar-refractivity contribution in [2.24, 2.45) is 5.92 Å². The Morgan fingerprint density at radius 3 is 2.69 bits per heavy atom. The minimum atomic E-state index is -1.02. The van der Waals surface area contributed by atoms with Crippen molar-refractivity contribution in [2.75, 3.05) is 46.5 Å². The predicted octanol–water partition coefficient (Wildman–Crippen LogP) is 1.32. The summed E-state index contributed by atoms with van der Waals surface area (Å²) in [5.74, 6) is -1.84. The SMILES string of the molecule is COc1ccc(C(=O)C2C(=O)C(=O)N(CCC[NH+]3CCOCC3)C2c2cccs2)c(C)c1. The number of quaternary nitrogens is 1. The van der Waals surface area contributed by atoms with Crippen LogP contribution in [0.4, 0.5) is 0 Å². The fourth-order valence-corrected chi connectivity index (χ4v) is 5.50. The Balaban J connectivity index is 1.57. The lowest BCUT2D eigenvalue weighted by Gasteiger charge is -2.28. The van der Waals surface area contributed by atoms with Crippen molar-refractivity contribution in [3.63, 3.8) is 0 Å². The second kappa shape index (κ2) is 9.94. The van der Waals surface area contributed by atoms with Crippen LogP contribution in [0.2, 0.25) is 0 Å². The van der Waals surface area contributed by atoms with Crippen molar-refractivity contribution in [3.8, 4) is 5.75 Å². The zero-order valence-electron chi connectivity index (χ0n) is 18.5. The van der Waals surface area contributed by atoms with E-state index in [2.05, 4.69) is 0 Å². The molecule has 1 aromatic carbocycles. The number of amides is 1. The number of thiophene rings is 1. The Hall–Kier alpha value is -2.55. The molecule has 0 bridgehead atoms. The number of hydrogen-bond donors (Lipinski definition) is 1. The van der Waals surface area contributed by atoms with E-state index in [9.17, 15) is 14.4 Å². The van der Waals surface area contributed by atoms with Gasteiger partial charge in [-0.2, -0.15) is 0 Å². The van der Waals surface area contributed by atoms with Gasteiger partial charge in [0.15, 0.2) is 5.78 Å². The van der Waals surface area contributed by atoms with E-state index >= 15 is 0 Å². The number of likely N-dealkylation sites (tertiary alicyclic amines) is 1. The summed E-state index contributed by atoms with van der Waals surface area (Å²) in [6.07, 6.45) is 0.776. The Kier molecular flexibility index (Phi) is 7.03. The molecule has 8 heteroatoms. The number of nitrogens with zero attached hydrogens (tertiary/aromatic N) is 1. The zero-order chi connectivity index (χ0) is 22.7. The Bertz CT molecular complexity index is 984. The molecule has 0 aliphatic carbocycles. The third-order valence-corrected chi connectivity index (χ3v) is 7.29. The highest BCUT2D eigenvalue weighted by Crippen LogP contribution is 2.40. The van der Waals surface area contributed by atoms with E-state index in [1.165, 1.54) is 16.2 Å². The molecule has 1 aromatic heterocycles. The zero-order valence-corrected chi connectivity index (χ0v) is 19.3. The summed E-state index contributed by atoms with van der Waals surface area (Å²) in [5, 5.41) is 1.92. The Morgan fingerprint density at radius 2 is 2.03 bits per heavy atom. The number of carbonyl (C=O) groups is 3. The van der Waals surface area contributed by atoms with E-state index < -0.39 is 23.7 Å². The summed E-state index contributed by atoms with van der Waals surface area (Å²) in [6, 6.07) is 8.42. The van der Waals surface area contributed by atoms with E-state index in [1.54, 1.807) is 30.2 Å². The first kappa shape index (κ1) is 22.6. The van der Waals surface area contributed by atoms with Gasteiger partial charge >= 0.3 is 0 Å². The van der Waals surface area contributed by atoms with Crippen LogP contribution in [0.1, 0.15) is 33.3 Å². The summed E-state index contributed by atoms with van der Waals surface area (Å²) >= 11 is 1.48. The van der Waals surface area contributed by atoms with Crippen LogP contribution in [-0.2, 0) is 14.3 Å². The van der Waals surface area contributed by atoms with Crippen LogP contribution in [-0.4, -0.2) is 68.9 Å². The molecule has 2 aliphatic heterocycles. The molecule has 170 valence electrons. The van der Waals surface area contributed by atoms with Crippen molar-refractivity contribution >= 4 is 28.8 Å². The van der Waals surface area contributed by atoms with Crippen molar-refractivity contribution in [2.45, 2.75) is 19.4 Å². The summed E-state index contributed by atoms with van der Waals surface area (Å²) < 4.78 is 10.6. The number of carbonyl (C=O) groups excluding carboxylic acids is 3. The van der Waals surface area contributed by atoms with Gasteiger partial charge in [-0.05, 0) is 42.1 Å². The van der Waals surface area contributed by atoms with Gasteiger partial charge in [-0.1, -0.05) is 6.07 Å². The number of methoxy groups -OCH3 is 1. The monoisotopic (exact) mass is 457 g/mol. The molecule has 7 nitrogen and oxygen atoms in total. The first-order valence-corrected chi connectivity index (χ1v) is 11.9. The predicted molar refractivity (Wildman–Crippen MR) is 120 cm³/mol. The second-order valence-electron chi connectivity index (χ2n) is 8.31. The van der Waals surface area contributed by atoms with Crippen LogP contribution in [0.3, 0.4) is 0 Å². The van der Waals surface area contributed by atoms with Gasteiger partial charge < -0.3 is 19.3 Å². The van der Waals surface area contributed by atoms with Gasteiger partial charge in [0.05, 0.1) is 32.9 Å². The fraction of sp³-hybridized carbons (Fsp3) is 0.458. The average molecular weight is 458 g/mol. The maximum atomic E-state index is 13.5.